The summed E-state index contributed by atoms with van der Waals surface area (Å²) in [6.45, 7) is 4.89. The summed E-state index contributed by atoms with van der Waals surface area (Å²) >= 11 is 1.10. The Morgan fingerprint density at radius 3 is 2.46 bits per heavy atom. The lowest BCUT2D eigenvalue weighted by Crippen LogP contribution is -2.42. The van der Waals surface area contributed by atoms with E-state index in [2.05, 4.69) is 10.1 Å². The maximum atomic E-state index is 15.6. The van der Waals surface area contributed by atoms with Crippen LogP contribution in [0.25, 0.3) is 0 Å². The van der Waals surface area contributed by atoms with Crippen molar-refractivity contribution in [3.63, 3.8) is 0 Å². The average Bonchev–Trinajstić information content (AvgIpc) is 2.86. The first-order chi connectivity index (χ1) is 11.3. The van der Waals surface area contributed by atoms with E-state index in [1.54, 1.807) is 13.8 Å². The topological polar surface area (TPSA) is 71.8 Å². The molecule has 0 bridgehead atoms. The molecule has 24 heavy (non-hydrogen) atoms. The minimum absolute atomic E-state index is 0.0415. The summed E-state index contributed by atoms with van der Waals surface area (Å²) in [6.07, 6.45) is -0.0415. The molecule has 2 aromatic rings. The summed E-state index contributed by atoms with van der Waals surface area (Å²) in [5.41, 5.74) is -2.99. The number of nitrogens with zero attached hydrogens (tertiary/aromatic N) is 2. The van der Waals surface area contributed by atoms with Gasteiger partial charge in [-0.3, -0.25) is 0 Å². The summed E-state index contributed by atoms with van der Waals surface area (Å²) < 4.78 is 33.9. The Morgan fingerprint density at radius 1 is 1.38 bits per heavy atom. The van der Waals surface area contributed by atoms with Crippen molar-refractivity contribution in [3.8, 4) is 5.06 Å². The van der Waals surface area contributed by atoms with Crippen molar-refractivity contribution in [2.45, 2.75) is 32.9 Å². The summed E-state index contributed by atoms with van der Waals surface area (Å²) in [5, 5.41) is 12.8. The summed E-state index contributed by atoms with van der Waals surface area (Å²) in [7, 11) is 0. The molecule has 128 valence electrons. The molecule has 2 rings (SSSR count). The number of oxime groups is 1. The van der Waals surface area contributed by atoms with Crippen LogP contribution in [0.15, 0.2) is 29.4 Å². The third kappa shape index (κ3) is 3.28. The average molecular weight is 354 g/mol. The lowest BCUT2D eigenvalue weighted by molar-refractivity contribution is -0.143. The number of esters is 1. The Kier molecular flexibility index (Phi) is 5.28. The van der Waals surface area contributed by atoms with Crippen LogP contribution in [0.4, 0.5) is 8.78 Å². The monoisotopic (exact) mass is 354 g/mol. The predicted molar refractivity (Wildman–Crippen MR) is 85.9 cm³/mol. The third-order valence-electron chi connectivity index (χ3n) is 3.42. The summed E-state index contributed by atoms with van der Waals surface area (Å²) in [6, 6.07) is 4.26. The molecule has 0 aliphatic carbocycles. The number of alkyl halides is 1. The molecule has 1 aromatic carbocycles. The van der Waals surface area contributed by atoms with Crippen LogP contribution in [0.2, 0.25) is 0 Å². The summed E-state index contributed by atoms with van der Waals surface area (Å²) in [4.78, 5) is 16.6. The Morgan fingerprint density at radius 2 is 2.00 bits per heavy atom. The largest absolute Gasteiger partial charge is 0.411 e. The van der Waals surface area contributed by atoms with Crippen LogP contribution in [0.5, 0.6) is 5.06 Å². The van der Waals surface area contributed by atoms with Gasteiger partial charge in [0.25, 0.3) is 5.67 Å². The molecule has 1 heterocycles. The van der Waals surface area contributed by atoms with Crippen molar-refractivity contribution < 1.29 is 23.5 Å². The van der Waals surface area contributed by atoms with E-state index in [9.17, 15) is 9.18 Å². The van der Waals surface area contributed by atoms with Crippen molar-refractivity contribution in [3.05, 3.63) is 46.3 Å². The standard InChI is InChI=1S/C16H16F2N2O3S/c1-4-13(20-22)16(18,11-5-7-12(17)8-6-11)15(21)23-14-9(2)19-10(3)24-14/h5-8,22H,4H2,1-3H3. The SMILES string of the molecule is CCC(=NO)C(F)(C(=O)Oc1sc(C)nc1C)c1ccc(F)cc1. The third-order valence-corrected chi connectivity index (χ3v) is 4.37. The van der Waals surface area contributed by atoms with Gasteiger partial charge in [-0.2, -0.15) is 0 Å². The summed E-state index contributed by atoms with van der Waals surface area (Å²) in [5.74, 6) is -1.85. The Balaban J connectivity index is 2.47. The quantitative estimate of drug-likeness (QED) is 0.382. The minimum Gasteiger partial charge on any atom is -0.411 e. The van der Waals surface area contributed by atoms with Crippen LogP contribution in [0.3, 0.4) is 0 Å². The molecule has 0 spiro atoms. The van der Waals surface area contributed by atoms with Gasteiger partial charge in [0.05, 0.1) is 10.7 Å². The van der Waals surface area contributed by atoms with Gasteiger partial charge < -0.3 is 9.94 Å². The van der Waals surface area contributed by atoms with Crippen LogP contribution >= 0.6 is 11.3 Å². The highest BCUT2D eigenvalue weighted by atomic mass is 32.1. The molecule has 0 radical (unpaired) electrons. The Bertz CT molecular complexity index is 774. The molecule has 8 heteroatoms. The number of rotatable bonds is 5. The molecule has 1 N–H and O–H groups in total. The molecule has 0 saturated heterocycles. The van der Waals surface area contributed by atoms with Crippen molar-refractivity contribution in [2.75, 3.05) is 0 Å². The Labute approximate surface area is 141 Å². The van der Waals surface area contributed by atoms with Gasteiger partial charge in [-0.15, -0.1) is 0 Å². The Hall–Kier alpha value is -2.35. The van der Waals surface area contributed by atoms with E-state index in [1.807, 2.05) is 0 Å². The van der Waals surface area contributed by atoms with E-state index in [-0.39, 0.29) is 17.0 Å². The van der Waals surface area contributed by atoms with Crippen molar-refractivity contribution >= 4 is 23.0 Å². The van der Waals surface area contributed by atoms with Gasteiger partial charge in [-0.1, -0.05) is 35.5 Å². The number of benzene rings is 1. The first kappa shape index (κ1) is 18.0. The number of carbonyl (C=O) groups excluding carboxylic acids is 1. The van der Waals surface area contributed by atoms with Gasteiger partial charge in [0.2, 0.25) is 5.06 Å². The van der Waals surface area contributed by atoms with Crippen molar-refractivity contribution in [1.82, 2.24) is 4.98 Å². The number of carbonyl (C=O) groups is 1. The fourth-order valence-corrected chi connectivity index (χ4v) is 2.99. The van der Waals surface area contributed by atoms with Crippen LogP contribution in [0, 0.1) is 19.7 Å². The maximum absolute atomic E-state index is 15.6. The highest BCUT2D eigenvalue weighted by Gasteiger charge is 2.48. The minimum atomic E-state index is -2.83. The molecule has 0 saturated carbocycles. The zero-order valence-corrected chi connectivity index (χ0v) is 14.2. The number of hydrogen-bond acceptors (Lipinski definition) is 6. The van der Waals surface area contributed by atoms with Gasteiger partial charge >= 0.3 is 5.97 Å². The zero-order valence-electron chi connectivity index (χ0n) is 13.3. The van der Waals surface area contributed by atoms with E-state index >= 15 is 4.39 Å². The molecule has 0 aliphatic rings. The molecule has 1 unspecified atom stereocenters. The van der Waals surface area contributed by atoms with Gasteiger partial charge in [-0.05, 0) is 32.4 Å². The fourth-order valence-electron chi connectivity index (χ4n) is 2.23. The second kappa shape index (κ2) is 7.04. The fraction of sp³-hybridized carbons (Fsp3) is 0.312. The highest BCUT2D eigenvalue weighted by molar-refractivity contribution is 7.13. The highest BCUT2D eigenvalue weighted by Crippen LogP contribution is 2.34. The van der Waals surface area contributed by atoms with Crippen LogP contribution in [-0.4, -0.2) is 21.9 Å². The smallest absolute Gasteiger partial charge is 0.361 e. The number of halogens is 2. The van der Waals surface area contributed by atoms with E-state index < -0.39 is 23.2 Å². The predicted octanol–water partition coefficient (Wildman–Crippen LogP) is 3.91. The number of aryl methyl sites for hydroxylation is 2. The lowest BCUT2D eigenvalue weighted by atomic mass is 9.89. The lowest BCUT2D eigenvalue weighted by Gasteiger charge is -2.23. The molecular weight excluding hydrogens is 338 g/mol. The number of hydrogen-bond donors (Lipinski definition) is 1. The van der Waals surface area contributed by atoms with Crippen LogP contribution in [0.1, 0.15) is 29.6 Å². The van der Waals surface area contributed by atoms with Crippen molar-refractivity contribution in [2.24, 2.45) is 5.16 Å². The molecule has 0 aliphatic heterocycles. The normalized spacial score (nSPS) is 14.3. The van der Waals surface area contributed by atoms with E-state index in [4.69, 9.17) is 9.94 Å². The molecule has 0 fully saturated rings. The van der Waals surface area contributed by atoms with E-state index in [0.717, 1.165) is 35.6 Å². The zero-order chi connectivity index (χ0) is 17.9. The second-order valence-corrected chi connectivity index (χ2v) is 6.23. The van der Waals surface area contributed by atoms with E-state index in [0.29, 0.717) is 10.7 Å². The first-order valence-electron chi connectivity index (χ1n) is 7.15. The van der Waals surface area contributed by atoms with Gasteiger partial charge in [0.1, 0.15) is 11.5 Å². The number of aromatic nitrogens is 1. The van der Waals surface area contributed by atoms with Crippen molar-refractivity contribution in [1.29, 1.82) is 0 Å². The molecular formula is C16H16F2N2O3S. The number of thiazole rings is 1. The molecule has 5 nitrogen and oxygen atoms in total. The van der Waals surface area contributed by atoms with Crippen LogP contribution in [-0.2, 0) is 10.5 Å². The van der Waals surface area contributed by atoms with E-state index in [1.165, 1.54) is 6.92 Å². The van der Waals surface area contributed by atoms with Gasteiger partial charge in [-0.25, -0.2) is 18.6 Å². The molecule has 1 atom stereocenters. The maximum Gasteiger partial charge on any atom is 0.361 e. The molecule has 1 aromatic heterocycles. The van der Waals surface area contributed by atoms with Crippen LogP contribution < -0.4 is 4.74 Å². The number of ether oxygens (including phenoxy) is 1. The van der Waals surface area contributed by atoms with Gasteiger partial charge in [0, 0.05) is 5.56 Å². The first-order valence-corrected chi connectivity index (χ1v) is 7.97. The van der Waals surface area contributed by atoms with Gasteiger partial charge in [0.15, 0.2) is 0 Å². The second-order valence-electron chi connectivity index (χ2n) is 5.06. The molecule has 0 amide bonds.